The minimum absolute atomic E-state index is 0.618. The van der Waals surface area contributed by atoms with E-state index < -0.39 is 11.4 Å². The maximum Gasteiger partial charge on any atom is 0.309 e. The Morgan fingerprint density at radius 1 is 1.43 bits per heavy atom. The molecule has 1 rings (SSSR count). The van der Waals surface area contributed by atoms with E-state index in [9.17, 15) is 4.79 Å². The summed E-state index contributed by atoms with van der Waals surface area (Å²) in [6.45, 7) is 5.64. The number of carbonyl (C=O) groups is 1. The topological polar surface area (TPSA) is 37.3 Å². The molecule has 0 aromatic carbocycles. The molecule has 1 N–H and O–H groups in total. The van der Waals surface area contributed by atoms with Crippen molar-refractivity contribution >= 4 is 17.3 Å². The molecule has 1 heterocycles. The van der Waals surface area contributed by atoms with Crippen molar-refractivity contribution in [1.82, 2.24) is 0 Å². The van der Waals surface area contributed by atoms with E-state index in [4.69, 9.17) is 5.11 Å². The van der Waals surface area contributed by atoms with Gasteiger partial charge in [0.25, 0.3) is 0 Å². The second-order valence-electron chi connectivity index (χ2n) is 4.09. The summed E-state index contributed by atoms with van der Waals surface area (Å²) in [5.74, 6) is -0.732. The molecule has 0 amide bonds. The fraction of sp³-hybridized carbons (Fsp3) is 0.545. The molecule has 0 radical (unpaired) electrons. The van der Waals surface area contributed by atoms with Gasteiger partial charge in [-0.15, -0.1) is 11.3 Å². The van der Waals surface area contributed by atoms with Gasteiger partial charge in [-0.3, -0.25) is 4.79 Å². The van der Waals surface area contributed by atoms with Crippen molar-refractivity contribution in [2.24, 2.45) is 5.41 Å². The molecule has 1 aromatic rings. The molecule has 0 saturated carbocycles. The highest BCUT2D eigenvalue weighted by atomic mass is 32.1. The van der Waals surface area contributed by atoms with Gasteiger partial charge in [0.1, 0.15) is 0 Å². The van der Waals surface area contributed by atoms with E-state index in [0.717, 1.165) is 11.3 Å². The number of aryl methyl sites for hydroxylation is 1. The molecular formula is C11H16O2S. The average molecular weight is 212 g/mol. The van der Waals surface area contributed by atoms with Gasteiger partial charge in [-0.1, -0.05) is 6.92 Å². The lowest BCUT2D eigenvalue weighted by atomic mass is 9.89. The standard InChI is InChI=1S/C11H16O2S/c1-4-8-5-6-9(14-8)7-11(2,3)10(12)13/h5-6H,4,7H2,1-3H3,(H,12,13). The Morgan fingerprint density at radius 2 is 2.00 bits per heavy atom. The Kier molecular flexibility index (Phi) is 3.32. The number of rotatable bonds is 4. The number of hydrogen-bond acceptors (Lipinski definition) is 2. The van der Waals surface area contributed by atoms with Gasteiger partial charge >= 0.3 is 5.97 Å². The Hall–Kier alpha value is -0.830. The van der Waals surface area contributed by atoms with Gasteiger partial charge in [0.15, 0.2) is 0 Å². The predicted octanol–water partition coefficient (Wildman–Crippen LogP) is 2.96. The lowest BCUT2D eigenvalue weighted by molar-refractivity contribution is -0.146. The van der Waals surface area contributed by atoms with Crippen molar-refractivity contribution in [3.63, 3.8) is 0 Å². The van der Waals surface area contributed by atoms with Gasteiger partial charge in [0.2, 0.25) is 0 Å². The first-order valence-corrected chi connectivity index (χ1v) is 5.58. The quantitative estimate of drug-likeness (QED) is 0.833. The summed E-state index contributed by atoms with van der Waals surface area (Å²) in [4.78, 5) is 13.4. The van der Waals surface area contributed by atoms with E-state index in [1.165, 1.54) is 4.88 Å². The summed E-state index contributed by atoms with van der Waals surface area (Å²) in [6.07, 6.45) is 1.64. The van der Waals surface area contributed by atoms with E-state index in [1.807, 2.05) is 6.07 Å². The molecule has 0 atom stereocenters. The molecule has 0 spiro atoms. The normalized spacial score (nSPS) is 11.6. The molecule has 0 aliphatic heterocycles. The number of thiophene rings is 1. The number of hydrogen-bond donors (Lipinski definition) is 1. The first-order chi connectivity index (χ1) is 6.45. The third kappa shape index (κ3) is 2.58. The second kappa shape index (κ2) is 4.13. The van der Waals surface area contributed by atoms with Crippen molar-refractivity contribution in [1.29, 1.82) is 0 Å². The molecule has 1 aromatic heterocycles. The highest BCUT2D eigenvalue weighted by Gasteiger charge is 2.27. The van der Waals surface area contributed by atoms with Crippen LogP contribution in [-0.4, -0.2) is 11.1 Å². The van der Waals surface area contributed by atoms with Gasteiger partial charge in [-0.25, -0.2) is 0 Å². The Labute approximate surface area is 88.6 Å². The first kappa shape index (κ1) is 11.2. The molecule has 0 unspecified atom stereocenters. The lowest BCUT2D eigenvalue weighted by Gasteiger charge is -2.17. The van der Waals surface area contributed by atoms with Crippen molar-refractivity contribution in [2.45, 2.75) is 33.6 Å². The highest BCUT2D eigenvalue weighted by Crippen LogP contribution is 2.27. The molecule has 3 heteroatoms. The van der Waals surface area contributed by atoms with Crippen LogP contribution in [0.25, 0.3) is 0 Å². The van der Waals surface area contributed by atoms with Crippen LogP contribution in [-0.2, 0) is 17.6 Å². The molecule has 14 heavy (non-hydrogen) atoms. The van der Waals surface area contributed by atoms with Crippen LogP contribution >= 0.6 is 11.3 Å². The van der Waals surface area contributed by atoms with Crippen molar-refractivity contribution in [3.8, 4) is 0 Å². The second-order valence-corrected chi connectivity index (χ2v) is 5.34. The Bertz CT molecular complexity index is 326. The summed E-state index contributed by atoms with van der Waals surface area (Å²) >= 11 is 1.71. The van der Waals surface area contributed by atoms with Crippen molar-refractivity contribution < 1.29 is 9.90 Å². The van der Waals surface area contributed by atoms with Crippen LogP contribution in [0.1, 0.15) is 30.5 Å². The zero-order chi connectivity index (χ0) is 10.8. The summed E-state index contributed by atoms with van der Waals surface area (Å²) in [5.41, 5.74) is -0.657. The monoisotopic (exact) mass is 212 g/mol. The average Bonchev–Trinajstić information content (AvgIpc) is 2.51. The van der Waals surface area contributed by atoms with E-state index >= 15 is 0 Å². The highest BCUT2D eigenvalue weighted by molar-refractivity contribution is 7.12. The summed E-state index contributed by atoms with van der Waals surface area (Å²) in [6, 6.07) is 4.12. The smallest absolute Gasteiger partial charge is 0.309 e. The van der Waals surface area contributed by atoms with Gasteiger partial charge in [-0.2, -0.15) is 0 Å². The van der Waals surface area contributed by atoms with Crippen LogP contribution in [0.15, 0.2) is 12.1 Å². The van der Waals surface area contributed by atoms with E-state index in [-0.39, 0.29) is 0 Å². The zero-order valence-electron chi connectivity index (χ0n) is 8.83. The summed E-state index contributed by atoms with van der Waals surface area (Å²) in [5, 5.41) is 8.97. The molecule has 0 bridgehead atoms. The number of carboxylic acid groups (broad SMARTS) is 1. The Balaban J connectivity index is 2.73. The van der Waals surface area contributed by atoms with Crippen LogP contribution in [0.2, 0.25) is 0 Å². The lowest BCUT2D eigenvalue weighted by Crippen LogP contribution is -2.25. The van der Waals surface area contributed by atoms with E-state index in [0.29, 0.717) is 6.42 Å². The maximum absolute atomic E-state index is 10.9. The maximum atomic E-state index is 10.9. The molecule has 0 aliphatic carbocycles. The molecule has 2 nitrogen and oxygen atoms in total. The number of aliphatic carboxylic acids is 1. The SMILES string of the molecule is CCc1ccc(CC(C)(C)C(=O)O)s1. The molecule has 0 fully saturated rings. The molecule has 0 aliphatic rings. The van der Waals surface area contributed by atoms with Crippen LogP contribution in [0.5, 0.6) is 0 Å². The molecule has 0 saturated heterocycles. The predicted molar refractivity (Wildman–Crippen MR) is 58.8 cm³/mol. The van der Waals surface area contributed by atoms with Crippen molar-refractivity contribution in [2.75, 3.05) is 0 Å². The summed E-state index contributed by atoms with van der Waals surface area (Å²) in [7, 11) is 0. The first-order valence-electron chi connectivity index (χ1n) is 4.76. The molecular weight excluding hydrogens is 196 g/mol. The number of carboxylic acids is 1. The molecule has 78 valence electrons. The summed E-state index contributed by atoms with van der Waals surface area (Å²) < 4.78 is 0. The van der Waals surface area contributed by atoms with E-state index in [2.05, 4.69) is 13.0 Å². The van der Waals surface area contributed by atoms with Gasteiger partial charge in [0.05, 0.1) is 5.41 Å². The minimum atomic E-state index is -0.732. The fourth-order valence-electron chi connectivity index (χ4n) is 1.22. The van der Waals surface area contributed by atoms with Crippen LogP contribution < -0.4 is 0 Å². The van der Waals surface area contributed by atoms with Crippen LogP contribution in [0.3, 0.4) is 0 Å². The van der Waals surface area contributed by atoms with Gasteiger partial charge in [0, 0.05) is 9.75 Å². The minimum Gasteiger partial charge on any atom is -0.481 e. The van der Waals surface area contributed by atoms with Crippen LogP contribution in [0, 0.1) is 5.41 Å². The Morgan fingerprint density at radius 3 is 2.43 bits per heavy atom. The third-order valence-corrected chi connectivity index (χ3v) is 3.49. The zero-order valence-corrected chi connectivity index (χ0v) is 9.65. The fourth-order valence-corrected chi connectivity index (χ4v) is 2.40. The van der Waals surface area contributed by atoms with E-state index in [1.54, 1.807) is 25.2 Å². The third-order valence-electron chi connectivity index (χ3n) is 2.26. The van der Waals surface area contributed by atoms with Gasteiger partial charge < -0.3 is 5.11 Å². The van der Waals surface area contributed by atoms with Crippen molar-refractivity contribution in [3.05, 3.63) is 21.9 Å². The largest absolute Gasteiger partial charge is 0.481 e. The van der Waals surface area contributed by atoms with Gasteiger partial charge in [-0.05, 0) is 38.8 Å². The van der Waals surface area contributed by atoms with Crippen LogP contribution in [0.4, 0.5) is 0 Å².